The second-order valence-electron chi connectivity index (χ2n) is 4.10. The highest BCUT2D eigenvalue weighted by Crippen LogP contribution is 2.51. The van der Waals surface area contributed by atoms with Crippen molar-refractivity contribution >= 4 is 0 Å². The van der Waals surface area contributed by atoms with Crippen molar-refractivity contribution in [3.05, 3.63) is 0 Å². The third-order valence-electron chi connectivity index (χ3n) is 3.01. The summed E-state index contributed by atoms with van der Waals surface area (Å²) in [6.07, 6.45) is 0.795. The molecule has 2 fully saturated rings. The second-order valence-corrected chi connectivity index (χ2v) is 4.10. The third kappa shape index (κ3) is 1.99. The molecule has 0 radical (unpaired) electrons. The minimum absolute atomic E-state index is 0.0384. The molecular weight excluding hydrogens is 178 g/mol. The van der Waals surface area contributed by atoms with E-state index in [0.29, 0.717) is 26.1 Å². The zero-order chi connectivity index (χ0) is 9.47. The molecule has 1 aliphatic heterocycles. The summed E-state index contributed by atoms with van der Waals surface area (Å²) in [6.45, 7) is 0.894. The summed E-state index contributed by atoms with van der Waals surface area (Å²) in [5.41, 5.74) is 0. The number of aliphatic hydroxyl groups is 1. The maximum atomic E-state index is 12.5. The van der Waals surface area contributed by atoms with Gasteiger partial charge in [0.1, 0.15) is 0 Å². The van der Waals surface area contributed by atoms with Crippen molar-refractivity contribution in [1.29, 1.82) is 0 Å². The summed E-state index contributed by atoms with van der Waals surface area (Å²) in [5, 5.41) is 9.34. The molecule has 0 amide bonds. The molecule has 1 heterocycles. The van der Waals surface area contributed by atoms with Crippen LogP contribution in [0.1, 0.15) is 19.3 Å². The zero-order valence-electron chi connectivity index (χ0n) is 7.38. The molecule has 1 saturated carbocycles. The predicted molar refractivity (Wildman–Crippen MR) is 42.6 cm³/mol. The van der Waals surface area contributed by atoms with Crippen LogP contribution in [0.3, 0.4) is 0 Å². The average Bonchev–Trinajstić information content (AvgIpc) is 2.47. The molecule has 76 valence electrons. The summed E-state index contributed by atoms with van der Waals surface area (Å²) in [7, 11) is 0. The largest absolute Gasteiger partial charge is 0.390 e. The first kappa shape index (κ1) is 9.34. The van der Waals surface area contributed by atoms with Crippen molar-refractivity contribution in [1.82, 2.24) is 0 Å². The van der Waals surface area contributed by atoms with Gasteiger partial charge in [-0.3, -0.25) is 0 Å². The van der Waals surface area contributed by atoms with Crippen LogP contribution in [0.2, 0.25) is 0 Å². The van der Waals surface area contributed by atoms with Gasteiger partial charge in [0.25, 0.3) is 5.92 Å². The maximum absolute atomic E-state index is 12.5. The lowest BCUT2D eigenvalue weighted by molar-refractivity contribution is 0.0907. The van der Waals surface area contributed by atoms with Crippen LogP contribution in [-0.4, -0.2) is 30.3 Å². The molecule has 0 spiro atoms. The van der Waals surface area contributed by atoms with Gasteiger partial charge in [-0.1, -0.05) is 0 Å². The number of aliphatic hydroxyl groups excluding tert-OH is 1. The summed E-state index contributed by atoms with van der Waals surface area (Å²) in [4.78, 5) is 0. The summed E-state index contributed by atoms with van der Waals surface area (Å²) >= 11 is 0. The highest BCUT2D eigenvalue weighted by atomic mass is 19.3. The lowest BCUT2D eigenvalue weighted by Crippen LogP contribution is -2.17. The van der Waals surface area contributed by atoms with Gasteiger partial charge in [0.15, 0.2) is 0 Å². The number of hydrogen-bond acceptors (Lipinski definition) is 2. The average molecular weight is 192 g/mol. The van der Waals surface area contributed by atoms with Gasteiger partial charge in [0.2, 0.25) is 0 Å². The first-order chi connectivity index (χ1) is 6.09. The normalized spacial score (nSPS) is 42.2. The molecule has 1 N–H and O–H groups in total. The molecule has 2 aliphatic rings. The van der Waals surface area contributed by atoms with Crippen LogP contribution in [0.15, 0.2) is 0 Å². The lowest BCUT2D eigenvalue weighted by Gasteiger charge is -2.10. The van der Waals surface area contributed by atoms with E-state index < -0.39 is 17.9 Å². The second kappa shape index (κ2) is 3.17. The van der Waals surface area contributed by atoms with E-state index in [-0.39, 0.29) is 12.3 Å². The van der Waals surface area contributed by atoms with Gasteiger partial charge >= 0.3 is 0 Å². The molecule has 3 atom stereocenters. The monoisotopic (exact) mass is 192 g/mol. The van der Waals surface area contributed by atoms with Crippen LogP contribution in [-0.2, 0) is 4.74 Å². The Hall–Kier alpha value is -0.220. The van der Waals surface area contributed by atoms with E-state index >= 15 is 0 Å². The molecule has 1 saturated heterocycles. The Bertz CT molecular complexity index is 196. The molecule has 13 heavy (non-hydrogen) atoms. The van der Waals surface area contributed by atoms with Gasteiger partial charge in [-0.15, -0.1) is 0 Å². The Labute approximate surface area is 75.9 Å². The molecule has 2 rings (SSSR count). The van der Waals surface area contributed by atoms with Crippen LogP contribution in [0.25, 0.3) is 0 Å². The number of ether oxygens (including phenoxy) is 1. The molecule has 0 aromatic rings. The summed E-state index contributed by atoms with van der Waals surface area (Å²) in [5.74, 6) is -2.76. The van der Waals surface area contributed by atoms with Crippen LogP contribution < -0.4 is 0 Å². The Morgan fingerprint density at radius 3 is 2.46 bits per heavy atom. The molecule has 2 nitrogen and oxygen atoms in total. The van der Waals surface area contributed by atoms with Crippen molar-refractivity contribution in [2.24, 2.45) is 11.8 Å². The van der Waals surface area contributed by atoms with Crippen molar-refractivity contribution in [2.75, 3.05) is 13.2 Å². The van der Waals surface area contributed by atoms with E-state index in [1.54, 1.807) is 0 Å². The fraction of sp³-hybridized carbons (Fsp3) is 1.00. The van der Waals surface area contributed by atoms with E-state index in [1.807, 2.05) is 0 Å². The fourth-order valence-corrected chi connectivity index (χ4v) is 1.86. The Morgan fingerprint density at radius 1 is 1.31 bits per heavy atom. The molecule has 4 heteroatoms. The van der Waals surface area contributed by atoms with Gasteiger partial charge in [-0.2, -0.15) is 0 Å². The predicted octanol–water partition coefficient (Wildman–Crippen LogP) is 1.43. The van der Waals surface area contributed by atoms with Crippen molar-refractivity contribution in [2.45, 2.75) is 31.3 Å². The van der Waals surface area contributed by atoms with Gasteiger partial charge < -0.3 is 9.84 Å². The zero-order valence-corrected chi connectivity index (χ0v) is 7.38. The number of hydrogen-bond donors (Lipinski definition) is 1. The van der Waals surface area contributed by atoms with E-state index in [1.165, 1.54) is 0 Å². The van der Waals surface area contributed by atoms with Crippen LogP contribution in [0, 0.1) is 11.8 Å². The number of alkyl halides is 2. The van der Waals surface area contributed by atoms with Gasteiger partial charge in [0.05, 0.1) is 19.3 Å². The third-order valence-corrected chi connectivity index (χ3v) is 3.01. The van der Waals surface area contributed by atoms with E-state index in [4.69, 9.17) is 4.74 Å². The summed E-state index contributed by atoms with van der Waals surface area (Å²) < 4.78 is 30.0. The Morgan fingerprint density at radius 2 is 2.00 bits per heavy atom. The SMILES string of the molecule is OC1COCC1CCC1CC1(F)F. The maximum Gasteiger partial charge on any atom is 0.251 e. The molecule has 0 bridgehead atoms. The van der Waals surface area contributed by atoms with Gasteiger partial charge in [-0.05, 0) is 12.8 Å². The standard InChI is InChI=1S/C9H14F2O2/c10-9(11)3-7(9)2-1-6-4-13-5-8(6)12/h6-8,12H,1-5H2. The Balaban J connectivity index is 1.68. The van der Waals surface area contributed by atoms with Crippen molar-refractivity contribution in [3.63, 3.8) is 0 Å². The molecule has 1 aliphatic carbocycles. The van der Waals surface area contributed by atoms with Crippen molar-refractivity contribution < 1.29 is 18.6 Å². The van der Waals surface area contributed by atoms with Gasteiger partial charge in [-0.25, -0.2) is 8.78 Å². The minimum Gasteiger partial charge on any atom is -0.390 e. The number of rotatable bonds is 3. The topological polar surface area (TPSA) is 29.5 Å². The van der Waals surface area contributed by atoms with E-state index in [0.717, 1.165) is 0 Å². The molecule has 3 unspecified atom stereocenters. The molecular formula is C9H14F2O2. The quantitative estimate of drug-likeness (QED) is 0.733. The van der Waals surface area contributed by atoms with E-state index in [2.05, 4.69) is 0 Å². The van der Waals surface area contributed by atoms with Crippen LogP contribution >= 0.6 is 0 Å². The van der Waals surface area contributed by atoms with Crippen molar-refractivity contribution in [3.8, 4) is 0 Å². The smallest absolute Gasteiger partial charge is 0.251 e. The van der Waals surface area contributed by atoms with Crippen LogP contribution in [0.5, 0.6) is 0 Å². The molecule has 0 aromatic carbocycles. The highest BCUT2D eigenvalue weighted by molar-refractivity contribution is 4.95. The van der Waals surface area contributed by atoms with Crippen LogP contribution in [0.4, 0.5) is 8.78 Å². The minimum atomic E-state index is -2.41. The fourth-order valence-electron chi connectivity index (χ4n) is 1.86. The first-order valence-corrected chi connectivity index (χ1v) is 4.73. The molecule has 0 aromatic heterocycles. The lowest BCUT2D eigenvalue weighted by atomic mass is 9.98. The summed E-state index contributed by atoms with van der Waals surface area (Å²) in [6, 6.07) is 0. The van der Waals surface area contributed by atoms with Gasteiger partial charge in [0, 0.05) is 18.3 Å². The highest BCUT2D eigenvalue weighted by Gasteiger charge is 2.56. The van der Waals surface area contributed by atoms with E-state index in [9.17, 15) is 13.9 Å². The first-order valence-electron chi connectivity index (χ1n) is 4.73. The Kier molecular flexibility index (Phi) is 2.28. The number of halogens is 2.